The number of aliphatic hydroxyl groups excluding tert-OH is 2. The summed E-state index contributed by atoms with van der Waals surface area (Å²) in [5.74, 6) is 1.05. The number of rotatable bonds is 4. The Morgan fingerprint density at radius 3 is 2.83 bits per heavy atom. The highest BCUT2D eigenvalue weighted by atomic mass is 16.5. The lowest BCUT2D eigenvalue weighted by molar-refractivity contribution is 0.194. The molecule has 0 radical (unpaired) electrons. The predicted molar refractivity (Wildman–Crippen MR) is 71.0 cm³/mol. The van der Waals surface area contributed by atoms with Crippen molar-refractivity contribution in [3.8, 4) is 5.75 Å². The molecule has 1 aliphatic rings. The van der Waals surface area contributed by atoms with Crippen LogP contribution in [0.25, 0.3) is 0 Å². The van der Waals surface area contributed by atoms with Crippen molar-refractivity contribution < 1.29 is 14.9 Å². The molecule has 1 aromatic rings. The van der Waals surface area contributed by atoms with E-state index in [1.807, 2.05) is 18.2 Å². The van der Waals surface area contributed by atoms with Gasteiger partial charge in [-0.25, -0.2) is 0 Å². The van der Waals surface area contributed by atoms with E-state index in [0.717, 1.165) is 36.5 Å². The molecule has 1 heterocycles. The van der Waals surface area contributed by atoms with Crippen LogP contribution in [0.2, 0.25) is 0 Å². The van der Waals surface area contributed by atoms with Gasteiger partial charge in [0.1, 0.15) is 5.75 Å². The maximum absolute atomic E-state index is 9.94. The van der Waals surface area contributed by atoms with Gasteiger partial charge in [0.05, 0.1) is 13.2 Å². The molecule has 100 valence electrons. The van der Waals surface area contributed by atoms with Gasteiger partial charge < -0.3 is 19.8 Å². The third kappa shape index (κ3) is 2.44. The summed E-state index contributed by atoms with van der Waals surface area (Å²) in [6.45, 7) is 3.73. The van der Waals surface area contributed by atoms with Crippen LogP contribution in [0.1, 0.15) is 25.0 Å². The zero-order chi connectivity index (χ0) is 13.1. The monoisotopic (exact) mass is 251 g/mol. The average Bonchev–Trinajstić information content (AvgIpc) is 2.86. The van der Waals surface area contributed by atoms with Gasteiger partial charge in [0, 0.05) is 36.9 Å². The first-order valence-corrected chi connectivity index (χ1v) is 6.38. The third-order valence-corrected chi connectivity index (χ3v) is 3.57. The minimum absolute atomic E-state index is 0.227. The van der Waals surface area contributed by atoms with Crippen molar-refractivity contribution >= 4 is 5.69 Å². The Morgan fingerprint density at radius 2 is 2.28 bits per heavy atom. The van der Waals surface area contributed by atoms with Crippen molar-refractivity contribution in [3.05, 3.63) is 23.8 Å². The summed E-state index contributed by atoms with van der Waals surface area (Å²) < 4.78 is 5.32. The van der Waals surface area contributed by atoms with Crippen LogP contribution >= 0.6 is 0 Å². The first kappa shape index (κ1) is 13.2. The largest absolute Gasteiger partial charge is 0.496 e. The lowest BCUT2D eigenvalue weighted by atomic mass is 10.1. The number of aliphatic hydroxyl groups is 2. The second kappa shape index (κ2) is 5.59. The highest BCUT2D eigenvalue weighted by Crippen LogP contribution is 2.36. The molecule has 0 bridgehead atoms. The fraction of sp³-hybridized carbons (Fsp3) is 0.571. The Labute approximate surface area is 108 Å². The zero-order valence-electron chi connectivity index (χ0n) is 11.0. The highest BCUT2D eigenvalue weighted by molar-refractivity contribution is 5.61. The number of hydrogen-bond donors (Lipinski definition) is 2. The first-order valence-electron chi connectivity index (χ1n) is 6.38. The van der Waals surface area contributed by atoms with Gasteiger partial charge in [-0.2, -0.15) is 0 Å². The molecule has 1 fully saturated rings. The second-order valence-electron chi connectivity index (χ2n) is 4.85. The number of anilines is 1. The molecule has 2 rings (SSSR count). The van der Waals surface area contributed by atoms with Crippen molar-refractivity contribution in [3.63, 3.8) is 0 Å². The maximum Gasteiger partial charge on any atom is 0.126 e. The maximum atomic E-state index is 9.94. The summed E-state index contributed by atoms with van der Waals surface area (Å²) in [6, 6.07) is 5.81. The molecule has 0 aromatic heterocycles. The summed E-state index contributed by atoms with van der Waals surface area (Å²) in [6.07, 6.45) is 0.428. The standard InChI is InChI=1S/C14H21NO3/c1-10(17)14-12(4-3-5-13(14)18-2)15-7-6-11(8-15)9-16/h3-5,10-11,16-17H,6-9H2,1-2H3. The lowest BCUT2D eigenvalue weighted by Gasteiger charge is -2.24. The van der Waals surface area contributed by atoms with Crippen molar-refractivity contribution in [2.75, 3.05) is 31.7 Å². The Morgan fingerprint density at radius 1 is 1.50 bits per heavy atom. The third-order valence-electron chi connectivity index (χ3n) is 3.57. The lowest BCUT2D eigenvalue weighted by Crippen LogP contribution is -2.22. The fourth-order valence-electron chi connectivity index (χ4n) is 2.61. The van der Waals surface area contributed by atoms with Crippen LogP contribution in [-0.4, -0.2) is 37.0 Å². The van der Waals surface area contributed by atoms with E-state index in [4.69, 9.17) is 4.74 Å². The summed E-state index contributed by atoms with van der Waals surface area (Å²) in [5.41, 5.74) is 1.85. The number of benzene rings is 1. The van der Waals surface area contributed by atoms with Crippen molar-refractivity contribution in [2.24, 2.45) is 5.92 Å². The van der Waals surface area contributed by atoms with Crippen LogP contribution in [0, 0.1) is 5.92 Å². The highest BCUT2D eigenvalue weighted by Gasteiger charge is 2.25. The molecule has 2 atom stereocenters. The van der Waals surface area contributed by atoms with Crippen LogP contribution in [0.15, 0.2) is 18.2 Å². The molecular weight excluding hydrogens is 230 g/mol. The van der Waals surface area contributed by atoms with Gasteiger partial charge in [-0.15, -0.1) is 0 Å². The van der Waals surface area contributed by atoms with Crippen LogP contribution in [0.5, 0.6) is 5.75 Å². The Kier molecular flexibility index (Phi) is 4.09. The molecule has 0 saturated carbocycles. The molecule has 0 aliphatic carbocycles. The Bertz CT molecular complexity index is 406. The summed E-state index contributed by atoms with van der Waals surface area (Å²) >= 11 is 0. The smallest absolute Gasteiger partial charge is 0.126 e. The minimum atomic E-state index is -0.565. The van der Waals surface area contributed by atoms with Crippen molar-refractivity contribution in [2.45, 2.75) is 19.4 Å². The van der Waals surface area contributed by atoms with E-state index in [0.29, 0.717) is 5.92 Å². The zero-order valence-corrected chi connectivity index (χ0v) is 11.0. The van der Waals surface area contributed by atoms with Gasteiger partial charge in [-0.3, -0.25) is 0 Å². The molecule has 1 aromatic carbocycles. The topological polar surface area (TPSA) is 52.9 Å². The van der Waals surface area contributed by atoms with Gasteiger partial charge in [-0.05, 0) is 25.5 Å². The molecular formula is C14H21NO3. The fourth-order valence-corrected chi connectivity index (χ4v) is 2.61. The first-order chi connectivity index (χ1) is 8.67. The van der Waals surface area contributed by atoms with Gasteiger partial charge in [-0.1, -0.05) is 6.07 Å². The normalized spacial score (nSPS) is 21.1. The quantitative estimate of drug-likeness (QED) is 0.853. The minimum Gasteiger partial charge on any atom is -0.496 e. The number of nitrogens with zero attached hydrogens (tertiary/aromatic N) is 1. The molecule has 2 N–H and O–H groups in total. The Balaban J connectivity index is 2.32. The van der Waals surface area contributed by atoms with Crippen molar-refractivity contribution in [1.82, 2.24) is 0 Å². The van der Waals surface area contributed by atoms with Crippen LogP contribution in [0.3, 0.4) is 0 Å². The number of hydrogen-bond acceptors (Lipinski definition) is 4. The summed E-state index contributed by atoms with van der Waals surface area (Å²) in [4.78, 5) is 2.21. The molecule has 4 nitrogen and oxygen atoms in total. The summed E-state index contributed by atoms with van der Waals surface area (Å²) in [5, 5.41) is 19.2. The van der Waals surface area contributed by atoms with Gasteiger partial charge in [0.25, 0.3) is 0 Å². The predicted octanol–water partition coefficient (Wildman–Crippen LogP) is 1.57. The number of ether oxygens (including phenoxy) is 1. The molecule has 0 amide bonds. The van der Waals surface area contributed by atoms with Crippen molar-refractivity contribution in [1.29, 1.82) is 0 Å². The van der Waals surface area contributed by atoms with E-state index in [9.17, 15) is 10.2 Å². The molecule has 4 heteroatoms. The van der Waals surface area contributed by atoms with Gasteiger partial charge in [0.15, 0.2) is 0 Å². The molecule has 2 unspecified atom stereocenters. The van der Waals surface area contributed by atoms with E-state index in [1.54, 1.807) is 14.0 Å². The molecule has 0 spiro atoms. The average molecular weight is 251 g/mol. The molecule has 18 heavy (non-hydrogen) atoms. The van der Waals surface area contributed by atoms with Gasteiger partial charge >= 0.3 is 0 Å². The van der Waals surface area contributed by atoms with E-state index in [-0.39, 0.29) is 6.61 Å². The second-order valence-corrected chi connectivity index (χ2v) is 4.85. The van der Waals surface area contributed by atoms with E-state index in [2.05, 4.69) is 4.90 Å². The Hall–Kier alpha value is -1.26. The van der Waals surface area contributed by atoms with E-state index < -0.39 is 6.10 Å². The molecule has 1 saturated heterocycles. The summed E-state index contributed by atoms with van der Waals surface area (Å²) in [7, 11) is 1.62. The van der Waals surface area contributed by atoms with Crippen LogP contribution in [0.4, 0.5) is 5.69 Å². The van der Waals surface area contributed by atoms with Gasteiger partial charge in [0.2, 0.25) is 0 Å². The van der Waals surface area contributed by atoms with E-state index in [1.165, 1.54) is 0 Å². The molecule has 1 aliphatic heterocycles. The van der Waals surface area contributed by atoms with E-state index >= 15 is 0 Å². The SMILES string of the molecule is COc1cccc(N2CCC(CO)C2)c1C(C)O. The number of methoxy groups -OCH3 is 1. The van der Waals surface area contributed by atoms with Crippen LogP contribution < -0.4 is 9.64 Å². The van der Waals surface area contributed by atoms with Crippen LogP contribution in [-0.2, 0) is 0 Å².